The Morgan fingerprint density at radius 1 is 1.00 bits per heavy atom. The Morgan fingerprint density at radius 3 is 2.29 bits per heavy atom. The van der Waals surface area contributed by atoms with E-state index in [9.17, 15) is 4.79 Å². The lowest BCUT2D eigenvalue weighted by Gasteiger charge is -2.09. The summed E-state index contributed by atoms with van der Waals surface area (Å²) in [4.78, 5) is 13.7. The van der Waals surface area contributed by atoms with Gasteiger partial charge in [-0.25, -0.2) is 0 Å². The van der Waals surface area contributed by atoms with Gasteiger partial charge in [0.25, 0.3) is 0 Å². The van der Waals surface area contributed by atoms with Crippen molar-refractivity contribution in [3.63, 3.8) is 0 Å². The van der Waals surface area contributed by atoms with Gasteiger partial charge in [0.1, 0.15) is 0 Å². The molecule has 3 nitrogen and oxygen atoms in total. The van der Waals surface area contributed by atoms with Crippen LogP contribution in [0.5, 0.6) is 0 Å². The summed E-state index contributed by atoms with van der Waals surface area (Å²) < 4.78 is 5.24. The summed E-state index contributed by atoms with van der Waals surface area (Å²) in [6, 6.07) is 0. The van der Waals surface area contributed by atoms with Gasteiger partial charge in [-0.3, -0.25) is 4.79 Å². The molecule has 1 aliphatic carbocycles. The van der Waals surface area contributed by atoms with Crippen LogP contribution in [0.25, 0.3) is 0 Å². The molecule has 0 radical (unpaired) electrons. The van der Waals surface area contributed by atoms with Gasteiger partial charge in [0, 0.05) is 13.0 Å². The Hall–Kier alpha value is -0.830. The standard InChI is InChI=1S/C21H39NO2/c1-22(2)18-13-19-24-21(23)17-10-8-6-4-3-5-7-9-14-20-15-11-12-16-20/h11,15,20H,3-10,12-14,16-19H2,1-2H3/t20-/m0/s1. The van der Waals surface area contributed by atoms with Crippen LogP contribution in [0.1, 0.15) is 83.5 Å². The van der Waals surface area contributed by atoms with Gasteiger partial charge in [-0.15, -0.1) is 0 Å². The lowest BCUT2D eigenvalue weighted by molar-refractivity contribution is -0.143. The minimum atomic E-state index is -0.0188. The third kappa shape index (κ3) is 12.6. The molecule has 1 atom stereocenters. The van der Waals surface area contributed by atoms with Gasteiger partial charge >= 0.3 is 5.97 Å². The molecule has 0 aromatic heterocycles. The van der Waals surface area contributed by atoms with Crippen LogP contribution in [0.3, 0.4) is 0 Å². The average molecular weight is 338 g/mol. The predicted molar refractivity (Wildman–Crippen MR) is 102 cm³/mol. The van der Waals surface area contributed by atoms with Gasteiger partial charge in [0.2, 0.25) is 0 Å². The molecular weight excluding hydrogens is 298 g/mol. The summed E-state index contributed by atoms with van der Waals surface area (Å²) in [5, 5.41) is 0. The third-order valence-electron chi connectivity index (χ3n) is 4.83. The molecule has 24 heavy (non-hydrogen) atoms. The molecular formula is C21H39NO2. The molecule has 0 aromatic carbocycles. The molecule has 1 rings (SSSR count). The van der Waals surface area contributed by atoms with E-state index in [0.29, 0.717) is 13.0 Å². The summed E-state index contributed by atoms with van der Waals surface area (Å²) in [6.45, 7) is 1.54. The molecule has 0 unspecified atom stereocenters. The average Bonchev–Trinajstić information content (AvgIpc) is 3.06. The lowest BCUT2D eigenvalue weighted by Crippen LogP contribution is -2.16. The number of nitrogens with zero attached hydrogens (tertiary/aromatic N) is 1. The summed E-state index contributed by atoms with van der Waals surface area (Å²) >= 11 is 0. The topological polar surface area (TPSA) is 29.5 Å². The van der Waals surface area contributed by atoms with Crippen LogP contribution in [0.15, 0.2) is 12.2 Å². The largest absolute Gasteiger partial charge is 0.466 e. The van der Waals surface area contributed by atoms with Gasteiger partial charge in [0.05, 0.1) is 6.61 Å². The van der Waals surface area contributed by atoms with Crippen LogP contribution in [0.2, 0.25) is 0 Å². The van der Waals surface area contributed by atoms with Crippen LogP contribution >= 0.6 is 0 Å². The van der Waals surface area contributed by atoms with Gasteiger partial charge in [0.15, 0.2) is 0 Å². The molecule has 0 saturated carbocycles. The third-order valence-corrected chi connectivity index (χ3v) is 4.83. The molecule has 3 heteroatoms. The molecule has 0 saturated heterocycles. The highest BCUT2D eigenvalue weighted by atomic mass is 16.5. The number of ether oxygens (including phenoxy) is 1. The molecule has 0 bridgehead atoms. The van der Waals surface area contributed by atoms with Crippen molar-refractivity contribution < 1.29 is 9.53 Å². The van der Waals surface area contributed by atoms with Crippen molar-refractivity contribution in [1.82, 2.24) is 4.90 Å². The maximum Gasteiger partial charge on any atom is 0.305 e. The number of carbonyl (C=O) groups is 1. The van der Waals surface area contributed by atoms with Gasteiger partial charge in [-0.1, -0.05) is 57.1 Å². The summed E-state index contributed by atoms with van der Waals surface area (Å²) in [5.74, 6) is 0.863. The van der Waals surface area contributed by atoms with Crippen molar-refractivity contribution in [3.8, 4) is 0 Å². The quantitative estimate of drug-likeness (QED) is 0.229. The molecule has 1 aliphatic rings. The predicted octanol–water partition coefficient (Wildman–Crippen LogP) is 5.35. The number of unbranched alkanes of at least 4 members (excludes halogenated alkanes) is 7. The Morgan fingerprint density at radius 2 is 1.67 bits per heavy atom. The second kappa shape index (κ2) is 14.5. The highest BCUT2D eigenvalue weighted by Crippen LogP contribution is 2.23. The van der Waals surface area contributed by atoms with Gasteiger partial charge in [-0.05, 0) is 52.1 Å². The Balaban J connectivity index is 1.75. The fourth-order valence-electron chi connectivity index (χ4n) is 3.31. The normalized spacial score (nSPS) is 16.9. The zero-order valence-electron chi connectivity index (χ0n) is 16.1. The minimum Gasteiger partial charge on any atom is -0.466 e. The molecule has 0 fully saturated rings. The van der Waals surface area contributed by atoms with E-state index < -0.39 is 0 Å². The molecule has 0 spiro atoms. The first-order valence-corrected chi connectivity index (χ1v) is 10.2. The Kier molecular flexibility index (Phi) is 12.8. The maximum absolute atomic E-state index is 11.6. The van der Waals surface area contributed by atoms with Crippen molar-refractivity contribution in [2.75, 3.05) is 27.2 Å². The van der Waals surface area contributed by atoms with E-state index in [1.165, 1.54) is 64.2 Å². The molecule has 0 heterocycles. The summed E-state index contributed by atoms with van der Waals surface area (Å²) in [6.07, 6.45) is 20.6. The lowest BCUT2D eigenvalue weighted by atomic mass is 9.99. The van der Waals surface area contributed by atoms with Crippen LogP contribution in [0.4, 0.5) is 0 Å². The van der Waals surface area contributed by atoms with E-state index >= 15 is 0 Å². The van der Waals surface area contributed by atoms with Crippen LogP contribution < -0.4 is 0 Å². The second-order valence-corrected chi connectivity index (χ2v) is 7.51. The number of hydrogen-bond donors (Lipinski definition) is 0. The van der Waals surface area contributed by atoms with E-state index in [1.807, 2.05) is 14.1 Å². The van der Waals surface area contributed by atoms with Crippen LogP contribution in [0, 0.1) is 5.92 Å². The minimum absolute atomic E-state index is 0.0188. The number of esters is 1. The molecule has 0 amide bonds. The fourth-order valence-corrected chi connectivity index (χ4v) is 3.31. The van der Waals surface area contributed by atoms with Gasteiger partial charge in [-0.2, -0.15) is 0 Å². The van der Waals surface area contributed by atoms with Crippen molar-refractivity contribution in [2.45, 2.75) is 83.5 Å². The van der Waals surface area contributed by atoms with E-state index in [0.717, 1.165) is 25.3 Å². The molecule has 0 aliphatic heterocycles. The zero-order chi connectivity index (χ0) is 17.5. The summed E-state index contributed by atoms with van der Waals surface area (Å²) in [5.41, 5.74) is 0. The van der Waals surface area contributed by atoms with E-state index in [2.05, 4.69) is 17.1 Å². The first-order chi connectivity index (χ1) is 11.7. The Labute approximate surface area is 149 Å². The number of allylic oxidation sites excluding steroid dienone is 2. The number of carbonyl (C=O) groups excluding carboxylic acids is 1. The maximum atomic E-state index is 11.6. The number of hydrogen-bond acceptors (Lipinski definition) is 3. The van der Waals surface area contributed by atoms with E-state index in [-0.39, 0.29) is 5.97 Å². The zero-order valence-corrected chi connectivity index (χ0v) is 16.1. The highest BCUT2D eigenvalue weighted by molar-refractivity contribution is 5.69. The van der Waals surface area contributed by atoms with Gasteiger partial charge < -0.3 is 9.64 Å². The SMILES string of the molecule is CN(C)CCCOC(=O)CCCCCCCCCC[C@H]1C=CCC1. The van der Waals surface area contributed by atoms with Crippen molar-refractivity contribution in [2.24, 2.45) is 5.92 Å². The first-order valence-electron chi connectivity index (χ1n) is 10.2. The molecule has 140 valence electrons. The van der Waals surface area contributed by atoms with Crippen molar-refractivity contribution in [3.05, 3.63) is 12.2 Å². The van der Waals surface area contributed by atoms with E-state index in [1.54, 1.807) is 0 Å². The smallest absolute Gasteiger partial charge is 0.305 e. The Bertz CT molecular complexity index is 339. The van der Waals surface area contributed by atoms with Crippen molar-refractivity contribution >= 4 is 5.97 Å². The molecule has 0 aromatic rings. The first kappa shape index (κ1) is 21.2. The summed E-state index contributed by atoms with van der Waals surface area (Å²) in [7, 11) is 4.07. The monoisotopic (exact) mass is 337 g/mol. The highest BCUT2D eigenvalue weighted by Gasteiger charge is 2.07. The second-order valence-electron chi connectivity index (χ2n) is 7.51. The van der Waals surface area contributed by atoms with Crippen LogP contribution in [-0.2, 0) is 9.53 Å². The molecule has 0 N–H and O–H groups in total. The fraction of sp³-hybridized carbons (Fsp3) is 0.857. The van der Waals surface area contributed by atoms with Crippen molar-refractivity contribution in [1.29, 1.82) is 0 Å². The number of rotatable bonds is 15. The van der Waals surface area contributed by atoms with E-state index in [4.69, 9.17) is 4.74 Å². The van der Waals surface area contributed by atoms with Crippen LogP contribution in [-0.4, -0.2) is 38.1 Å².